The van der Waals surface area contributed by atoms with Crippen molar-refractivity contribution in [2.45, 2.75) is 13.8 Å². The molecule has 0 radical (unpaired) electrons. The van der Waals surface area contributed by atoms with Gasteiger partial charge in [0.05, 0.1) is 16.8 Å². The number of carbonyl (C=O) groups is 1. The number of fused-ring (bicyclic) bond motifs is 1. The van der Waals surface area contributed by atoms with E-state index in [1.807, 2.05) is 25.1 Å². The third kappa shape index (κ3) is 3.32. The van der Waals surface area contributed by atoms with Crippen LogP contribution >= 0.6 is 11.3 Å². The second-order valence-electron chi connectivity index (χ2n) is 5.00. The van der Waals surface area contributed by atoms with E-state index in [4.69, 9.17) is 4.74 Å². The van der Waals surface area contributed by atoms with Gasteiger partial charge in [-0.3, -0.25) is 10.1 Å². The van der Waals surface area contributed by atoms with Gasteiger partial charge in [-0.15, -0.1) is 0 Å². The highest BCUT2D eigenvalue weighted by Gasteiger charge is 2.12. The van der Waals surface area contributed by atoms with Crippen molar-refractivity contribution in [3.8, 4) is 5.75 Å². The minimum atomic E-state index is -0.400. The number of rotatable bonds is 4. The maximum absolute atomic E-state index is 13.6. The van der Waals surface area contributed by atoms with Gasteiger partial charge in [0, 0.05) is 5.56 Å². The fraction of sp³-hybridized carbons (Fsp3) is 0.176. The lowest BCUT2D eigenvalue weighted by Gasteiger charge is -2.03. The van der Waals surface area contributed by atoms with Crippen molar-refractivity contribution in [2.75, 3.05) is 11.9 Å². The summed E-state index contributed by atoms with van der Waals surface area (Å²) in [6.07, 6.45) is 0. The number of nitrogens with zero attached hydrogens (tertiary/aromatic N) is 1. The summed E-state index contributed by atoms with van der Waals surface area (Å²) >= 11 is 1.35. The number of benzene rings is 2. The van der Waals surface area contributed by atoms with E-state index in [0.29, 0.717) is 17.3 Å². The van der Waals surface area contributed by atoms with E-state index in [1.54, 1.807) is 19.1 Å². The molecule has 118 valence electrons. The highest BCUT2D eigenvalue weighted by atomic mass is 32.1. The molecule has 0 saturated carbocycles. The molecule has 2 aromatic carbocycles. The van der Waals surface area contributed by atoms with Crippen molar-refractivity contribution >= 4 is 32.6 Å². The summed E-state index contributed by atoms with van der Waals surface area (Å²) in [4.78, 5) is 16.5. The number of amides is 1. The van der Waals surface area contributed by atoms with Crippen LogP contribution in [0.2, 0.25) is 0 Å². The van der Waals surface area contributed by atoms with E-state index in [9.17, 15) is 9.18 Å². The molecule has 3 rings (SSSR count). The van der Waals surface area contributed by atoms with Crippen molar-refractivity contribution < 1.29 is 13.9 Å². The van der Waals surface area contributed by atoms with Gasteiger partial charge in [-0.1, -0.05) is 17.4 Å². The molecule has 0 atom stereocenters. The summed E-state index contributed by atoms with van der Waals surface area (Å²) in [5.41, 5.74) is 1.55. The quantitative estimate of drug-likeness (QED) is 0.771. The van der Waals surface area contributed by atoms with Crippen LogP contribution in [0.15, 0.2) is 36.4 Å². The Morgan fingerprint density at radius 3 is 2.87 bits per heavy atom. The minimum absolute atomic E-state index is 0.266. The number of thiazole rings is 1. The SMILES string of the molecule is CCOc1ccc2nc(NC(=O)c3ccc(C)c(F)c3)sc2c1. The van der Waals surface area contributed by atoms with Gasteiger partial charge in [0.1, 0.15) is 11.6 Å². The van der Waals surface area contributed by atoms with Gasteiger partial charge in [0.15, 0.2) is 5.13 Å². The molecule has 0 aliphatic heterocycles. The van der Waals surface area contributed by atoms with Crippen LogP contribution in [-0.4, -0.2) is 17.5 Å². The Morgan fingerprint density at radius 1 is 1.30 bits per heavy atom. The molecule has 1 amide bonds. The van der Waals surface area contributed by atoms with Crippen LogP contribution in [0.3, 0.4) is 0 Å². The van der Waals surface area contributed by atoms with Crippen LogP contribution in [0, 0.1) is 12.7 Å². The molecule has 1 aromatic heterocycles. The zero-order valence-electron chi connectivity index (χ0n) is 12.7. The van der Waals surface area contributed by atoms with Crippen LogP contribution in [0.5, 0.6) is 5.75 Å². The predicted molar refractivity (Wildman–Crippen MR) is 89.9 cm³/mol. The molecule has 1 N–H and O–H groups in total. The van der Waals surface area contributed by atoms with E-state index in [2.05, 4.69) is 10.3 Å². The minimum Gasteiger partial charge on any atom is -0.494 e. The first-order valence-electron chi connectivity index (χ1n) is 7.17. The second kappa shape index (κ2) is 6.34. The number of carbonyl (C=O) groups excluding carboxylic acids is 1. The molecule has 0 bridgehead atoms. The van der Waals surface area contributed by atoms with Crippen LogP contribution in [0.4, 0.5) is 9.52 Å². The zero-order valence-corrected chi connectivity index (χ0v) is 13.5. The fourth-order valence-corrected chi connectivity index (χ4v) is 3.01. The average Bonchev–Trinajstić information content (AvgIpc) is 2.91. The number of nitrogens with one attached hydrogen (secondary N) is 1. The summed E-state index contributed by atoms with van der Waals surface area (Å²) in [5.74, 6) is -0.0153. The largest absolute Gasteiger partial charge is 0.494 e. The molecular formula is C17H15FN2O2S. The maximum atomic E-state index is 13.6. The molecule has 0 spiro atoms. The molecule has 0 fully saturated rings. The Balaban J connectivity index is 1.82. The van der Waals surface area contributed by atoms with Gasteiger partial charge in [-0.05, 0) is 49.7 Å². The Morgan fingerprint density at radius 2 is 2.13 bits per heavy atom. The van der Waals surface area contributed by atoms with Crippen molar-refractivity contribution in [2.24, 2.45) is 0 Å². The Labute approximate surface area is 136 Å². The van der Waals surface area contributed by atoms with E-state index in [1.165, 1.54) is 17.4 Å². The van der Waals surface area contributed by atoms with Crippen molar-refractivity contribution in [1.82, 2.24) is 4.98 Å². The standard InChI is InChI=1S/C17H15FN2O2S/c1-3-22-12-6-7-14-15(9-12)23-17(19-14)20-16(21)11-5-4-10(2)13(18)8-11/h4-9H,3H2,1-2H3,(H,19,20,21). The maximum Gasteiger partial charge on any atom is 0.257 e. The number of aromatic nitrogens is 1. The smallest absolute Gasteiger partial charge is 0.257 e. The number of hydrogen-bond acceptors (Lipinski definition) is 4. The van der Waals surface area contributed by atoms with Gasteiger partial charge < -0.3 is 4.74 Å². The first-order valence-corrected chi connectivity index (χ1v) is 7.99. The molecular weight excluding hydrogens is 315 g/mol. The van der Waals surface area contributed by atoms with Gasteiger partial charge in [-0.2, -0.15) is 0 Å². The van der Waals surface area contributed by atoms with Gasteiger partial charge in [0.2, 0.25) is 0 Å². The lowest BCUT2D eigenvalue weighted by atomic mass is 10.1. The lowest BCUT2D eigenvalue weighted by Crippen LogP contribution is -2.12. The van der Waals surface area contributed by atoms with Crippen molar-refractivity contribution in [1.29, 1.82) is 0 Å². The monoisotopic (exact) mass is 330 g/mol. The number of aryl methyl sites for hydroxylation is 1. The first-order chi connectivity index (χ1) is 11.1. The summed E-state index contributed by atoms with van der Waals surface area (Å²) in [6, 6.07) is 9.97. The van der Waals surface area contributed by atoms with Crippen LogP contribution < -0.4 is 10.1 Å². The van der Waals surface area contributed by atoms with E-state index in [-0.39, 0.29) is 11.5 Å². The molecule has 0 aliphatic carbocycles. The summed E-state index contributed by atoms with van der Waals surface area (Å²) in [6.45, 7) is 4.16. The summed E-state index contributed by atoms with van der Waals surface area (Å²) in [7, 11) is 0. The second-order valence-corrected chi connectivity index (χ2v) is 6.03. The molecule has 1 heterocycles. The topological polar surface area (TPSA) is 51.2 Å². The van der Waals surface area contributed by atoms with Crippen LogP contribution in [0.25, 0.3) is 10.2 Å². The van der Waals surface area contributed by atoms with E-state index < -0.39 is 5.82 Å². The normalized spacial score (nSPS) is 10.7. The summed E-state index contributed by atoms with van der Waals surface area (Å²) in [5, 5.41) is 3.18. The molecule has 0 unspecified atom stereocenters. The Hall–Kier alpha value is -2.47. The molecule has 0 saturated heterocycles. The Kier molecular flexibility index (Phi) is 4.25. The zero-order chi connectivity index (χ0) is 16.4. The molecule has 23 heavy (non-hydrogen) atoms. The highest BCUT2D eigenvalue weighted by molar-refractivity contribution is 7.22. The van der Waals surface area contributed by atoms with Crippen molar-refractivity contribution in [3.05, 3.63) is 53.3 Å². The fourth-order valence-electron chi connectivity index (χ4n) is 2.12. The molecule has 0 aliphatic rings. The van der Waals surface area contributed by atoms with E-state index >= 15 is 0 Å². The highest BCUT2D eigenvalue weighted by Crippen LogP contribution is 2.29. The number of ether oxygens (including phenoxy) is 1. The first kappa shape index (κ1) is 15.4. The average molecular weight is 330 g/mol. The third-order valence-electron chi connectivity index (χ3n) is 3.33. The molecule has 6 heteroatoms. The van der Waals surface area contributed by atoms with Crippen LogP contribution in [0.1, 0.15) is 22.8 Å². The predicted octanol–water partition coefficient (Wildman–Crippen LogP) is 4.39. The molecule has 3 aromatic rings. The van der Waals surface area contributed by atoms with Gasteiger partial charge in [0.25, 0.3) is 5.91 Å². The summed E-state index contributed by atoms with van der Waals surface area (Å²) < 4.78 is 19.9. The number of hydrogen-bond donors (Lipinski definition) is 1. The van der Waals surface area contributed by atoms with Crippen molar-refractivity contribution in [3.63, 3.8) is 0 Å². The van der Waals surface area contributed by atoms with E-state index in [0.717, 1.165) is 16.0 Å². The molecule has 4 nitrogen and oxygen atoms in total. The van der Waals surface area contributed by atoms with Crippen LogP contribution in [-0.2, 0) is 0 Å². The number of halogens is 1. The lowest BCUT2D eigenvalue weighted by molar-refractivity contribution is 0.102. The Bertz CT molecular complexity index is 876. The van der Waals surface area contributed by atoms with Gasteiger partial charge in [-0.25, -0.2) is 9.37 Å². The van der Waals surface area contributed by atoms with Gasteiger partial charge >= 0.3 is 0 Å². The number of anilines is 1. The third-order valence-corrected chi connectivity index (χ3v) is 4.26.